The van der Waals surface area contributed by atoms with Crippen molar-refractivity contribution in [2.24, 2.45) is 10.7 Å². The normalized spacial score (nSPS) is 12.0. The van der Waals surface area contributed by atoms with Gasteiger partial charge in [-0.25, -0.2) is 0 Å². The van der Waals surface area contributed by atoms with Crippen LogP contribution in [0.1, 0.15) is 6.42 Å². The summed E-state index contributed by atoms with van der Waals surface area (Å²) in [6.07, 6.45) is 0.695. The number of hydrogen-bond donors (Lipinski definition) is 1. The highest BCUT2D eigenvalue weighted by Gasteiger charge is 1.90. The van der Waals surface area contributed by atoms with Crippen LogP contribution in [0.3, 0.4) is 0 Å². The van der Waals surface area contributed by atoms with Crippen LogP contribution in [0, 0.1) is 0 Å². The molecule has 0 heterocycles. The largest absolute Gasteiger partial charge is 0.387 e. The molecule has 2 N–H and O–H groups in total. The van der Waals surface area contributed by atoms with Gasteiger partial charge in [-0.05, 0) is 0 Å². The fourth-order valence-electron chi connectivity index (χ4n) is 0.533. The van der Waals surface area contributed by atoms with Crippen LogP contribution in [0.4, 0.5) is 0 Å². The van der Waals surface area contributed by atoms with E-state index in [2.05, 4.69) is 4.99 Å². The van der Waals surface area contributed by atoms with E-state index in [0.29, 0.717) is 32.1 Å². The van der Waals surface area contributed by atoms with Gasteiger partial charge in [0.15, 0.2) is 0 Å². The van der Waals surface area contributed by atoms with E-state index in [1.807, 2.05) is 0 Å². The van der Waals surface area contributed by atoms with Crippen LogP contribution in [0.15, 0.2) is 4.99 Å². The van der Waals surface area contributed by atoms with Crippen LogP contribution in [-0.4, -0.2) is 39.8 Å². The van der Waals surface area contributed by atoms with Crippen LogP contribution in [0.25, 0.3) is 0 Å². The number of ether oxygens (including phenoxy) is 2. The highest BCUT2D eigenvalue weighted by molar-refractivity contribution is 5.80. The molecular formula is C7H16N2O2. The lowest BCUT2D eigenvalue weighted by molar-refractivity contribution is 0.0742. The Morgan fingerprint density at radius 3 is 2.64 bits per heavy atom. The molecular weight excluding hydrogens is 144 g/mol. The van der Waals surface area contributed by atoms with Crippen molar-refractivity contribution in [2.75, 3.05) is 34.0 Å². The number of nitrogens with zero attached hydrogens (tertiary/aromatic N) is 1. The van der Waals surface area contributed by atoms with E-state index in [9.17, 15) is 0 Å². The van der Waals surface area contributed by atoms with E-state index < -0.39 is 0 Å². The van der Waals surface area contributed by atoms with Gasteiger partial charge in [-0.3, -0.25) is 4.99 Å². The van der Waals surface area contributed by atoms with Crippen molar-refractivity contribution >= 4 is 5.84 Å². The molecule has 0 aliphatic heterocycles. The Kier molecular flexibility index (Phi) is 7.08. The average molecular weight is 160 g/mol. The molecule has 0 rings (SSSR count). The van der Waals surface area contributed by atoms with E-state index in [4.69, 9.17) is 15.2 Å². The molecule has 0 aromatic heterocycles. The SMILES string of the molecule is CN=C(N)CCOCCOC. The van der Waals surface area contributed by atoms with Crippen molar-refractivity contribution < 1.29 is 9.47 Å². The number of rotatable bonds is 6. The quantitative estimate of drug-likeness (QED) is 0.339. The van der Waals surface area contributed by atoms with Crippen LogP contribution >= 0.6 is 0 Å². The zero-order valence-corrected chi connectivity index (χ0v) is 7.17. The summed E-state index contributed by atoms with van der Waals surface area (Å²) >= 11 is 0. The topological polar surface area (TPSA) is 56.8 Å². The second-order valence-corrected chi connectivity index (χ2v) is 2.07. The van der Waals surface area contributed by atoms with E-state index in [-0.39, 0.29) is 0 Å². The minimum atomic E-state index is 0.618. The zero-order valence-electron chi connectivity index (χ0n) is 7.17. The van der Waals surface area contributed by atoms with E-state index in [0.717, 1.165) is 0 Å². The predicted molar refractivity (Wildman–Crippen MR) is 44.9 cm³/mol. The Hall–Kier alpha value is -0.610. The highest BCUT2D eigenvalue weighted by Crippen LogP contribution is 1.82. The maximum Gasteiger partial charge on any atom is 0.0956 e. The van der Waals surface area contributed by atoms with Crippen molar-refractivity contribution in [1.29, 1.82) is 0 Å². The summed E-state index contributed by atoms with van der Waals surface area (Å²) in [7, 11) is 3.32. The Morgan fingerprint density at radius 1 is 1.36 bits per heavy atom. The third kappa shape index (κ3) is 7.29. The third-order valence-corrected chi connectivity index (χ3v) is 1.22. The summed E-state index contributed by atoms with van der Waals surface area (Å²) < 4.78 is 9.95. The minimum Gasteiger partial charge on any atom is -0.387 e. The van der Waals surface area contributed by atoms with E-state index in [1.165, 1.54) is 0 Å². The molecule has 0 fully saturated rings. The molecule has 4 heteroatoms. The molecule has 0 saturated carbocycles. The van der Waals surface area contributed by atoms with Crippen molar-refractivity contribution in [1.82, 2.24) is 0 Å². The molecule has 0 atom stereocenters. The number of methoxy groups -OCH3 is 1. The van der Waals surface area contributed by atoms with Crippen molar-refractivity contribution in [2.45, 2.75) is 6.42 Å². The summed E-state index contributed by atoms with van der Waals surface area (Å²) in [5.41, 5.74) is 5.43. The smallest absolute Gasteiger partial charge is 0.0956 e. The van der Waals surface area contributed by atoms with Gasteiger partial charge in [0.2, 0.25) is 0 Å². The summed E-state index contributed by atoms with van der Waals surface area (Å²) in [6, 6.07) is 0. The number of amidine groups is 1. The lowest BCUT2D eigenvalue weighted by Crippen LogP contribution is -2.15. The van der Waals surface area contributed by atoms with Crippen LogP contribution < -0.4 is 5.73 Å². The molecule has 0 spiro atoms. The molecule has 11 heavy (non-hydrogen) atoms. The van der Waals surface area contributed by atoms with Gasteiger partial charge in [0, 0.05) is 20.6 Å². The molecule has 0 bridgehead atoms. The molecule has 0 amide bonds. The first-order valence-corrected chi connectivity index (χ1v) is 3.59. The Balaban J connectivity index is 3.02. The molecule has 0 aromatic carbocycles. The predicted octanol–water partition coefficient (Wildman–Crippen LogP) is 0.0265. The standard InChI is InChI=1S/C7H16N2O2/c1-9-7(8)3-4-11-6-5-10-2/h3-6H2,1-2H3,(H2,8,9). The Bertz CT molecular complexity index is 115. The minimum absolute atomic E-state index is 0.618. The number of hydrogen-bond acceptors (Lipinski definition) is 3. The van der Waals surface area contributed by atoms with E-state index >= 15 is 0 Å². The van der Waals surface area contributed by atoms with Gasteiger partial charge in [-0.2, -0.15) is 0 Å². The fraction of sp³-hybridized carbons (Fsp3) is 0.857. The highest BCUT2D eigenvalue weighted by atomic mass is 16.5. The summed E-state index contributed by atoms with van der Waals surface area (Å²) in [4.78, 5) is 3.79. The summed E-state index contributed by atoms with van der Waals surface area (Å²) in [5.74, 6) is 0.627. The first kappa shape index (κ1) is 10.4. The van der Waals surface area contributed by atoms with Crippen LogP contribution in [-0.2, 0) is 9.47 Å². The van der Waals surface area contributed by atoms with Gasteiger partial charge in [-0.1, -0.05) is 0 Å². The maximum absolute atomic E-state index is 5.43. The van der Waals surface area contributed by atoms with Crippen molar-refractivity contribution in [3.05, 3.63) is 0 Å². The summed E-state index contributed by atoms with van der Waals surface area (Å²) in [5, 5.41) is 0. The molecule has 0 aromatic rings. The van der Waals surface area contributed by atoms with Crippen LogP contribution in [0.5, 0.6) is 0 Å². The van der Waals surface area contributed by atoms with E-state index in [1.54, 1.807) is 14.2 Å². The first-order chi connectivity index (χ1) is 5.31. The fourth-order valence-corrected chi connectivity index (χ4v) is 0.533. The molecule has 4 nitrogen and oxygen atoms in total. The van der Waals surface area contributed by atoms with Gasteiger partial charge >= 0.3 is 0 Å². The molecule has 0 aliphatic carbocycles. The third-order valence-electron chi connectivity index (χ3n) is 1.22. The second kappa shape index (κ2) is 7.50. The Labute approximate surface area is 67.4 Å². The first-order valence-electron chi connectivity index (χ1n) is 3.59. The van der Waals surface area contributed by atoms with Gasteiger partial charge in [0.05, 0.1) is 25.7 Å². The maximum atomic E-state index is 5.43. The lowest BCUT2D eigenvalue weighted by Gasteiger charge is -2.01. The molecule has 0 aliphatic rings. The average Bonchev–Trinajstić information content (AvgIpc) is 2.04. The molecule has 0 radical (unpaired) electrons. The molecule has 66 valence electrons. The van der Waals surface area contributed by atoms with Gasteiger partial charge in [-0.15, -0.1) is 0 Å². The van der Waals surface area contributed by atoms with Crippen LogP contribution in [0.2, 0.25) is 0 Å². The van der Waals surface area contributed by atoms with Crippen molar-refractivity contribution in [3.63, 3.8) is 0 Å². The zero-order chi connectivity index (χ0) is 8.53. The Morgan fingerprint density at radius 2 is 2.09 bits per heavy atom. The number of nitrogens with two attached hydrogens (primary N) is 1. The molecule has 0 saturated heterocycles. The molecule has 0 unspecified atom stereocenters. The number of aliphatic imine (C=N–C) groups is 1. The van der Waals surface area contributed by atoms with Gasteiger partial charge < -0.3 is 15.2 Å². The summed E-state index contributed by atoms with van der Waals surface area (Å²) in [6.45, 7) is 1.86. The van der Waals surface area contributed by atoms with Crippen molar-refractivity contribution in [3.8, 4) is 0 Å². The van der Waals surface area contributed by atoms with Gasteiger partial charge in [0.25, 0.3) is 0 Å². The second-order valence-electron chi connectivity index (χ2n) is 2.07. The lowest BCUT2D eigenvalue weighted by atomic mass is 10.4. The monoisotopic (exact) mass is 160 g/mol. The van der Waals surface area contributed by atoms with Gasteiger partial charge in [0.1, 0.15) is 0 Å².